The minimum absolute atomic E-state index is 0.314. The van der Waals surface area contributed by atoms with Crippen LogP contribution in [0, 0.1) is 0 Å². The van der Waals surface area contributed by atoms with Gasteiger partial charge >= 0.3 is 18.2 Å². The topological polar surface area (TPSA) is 117 Å². The lowest BCUT2D eigenvalue weighted by atomic mass is 10.1. The number of nitrogens with zero attached hydrogens (tertiary/aromatic N) is 1. The summed E-state index contributed by atoms with van der Waals surface area (Å²) in [5.74, 6) is -1.40. The Hall–Kier alpha value is -3.49. The van der Waals surface area contributed by atoms with Gasteiger partial charge in [0, 0.05) is 5.56 Å². The van der Waals surface area contributed by atoms with E-state index >= 15 is 0 Å². The summed E-state index contributed by atoms with van der Waals surface area (Å²) in [5, 5.41) is 5.42. The third-order valence-electron chi connectivity index (χ3n) is 3.65. The van der Waals surface area contributed by atoms with Crippen LogP contribution >= 0.6 is 0 Å². The molecule has 3 N–H and O–H groups in total. The van der Waals surface area contributed by atoms with Crippen molar-refractivity contribution < 1.29 is 39.5 Å². The Balaban J connectivity index is 2.07. The van der Waals surface area contributed by atoms with Gasteiger partial charge in [0.25, 0.3) is 10.0 Å². The van der Waals surface area contributed by atoms with Gasteiger partial charge in [0.1, 0.15) is 10.6 Å². The molecule has 0 atom stereocenters. The van der Waals surface area contributed by atoms with E-state index in [0.717, 1.165) is 30.3 Å². The summed E-state index contributed by atoms with van der Waals surface area (Å²) in [5.41, 5.74) is -3.08. The molecule has 1 aromatic heterocycles. The van der Waals surface area contributed by atoms with Crippen molar-refractivity contribution in [3.63, 3.8) is 0 Å². The van der Waals surface area contributed by atoms with Gasteiger partial charge in [-0.2, -0.15) is 18.3 Å². The number of aromatic nitrogens is 3. The molecular formula is C16H10F6N4O4S. The summed E-state index contributed by atoms with van der Waals surface area (Å²) in [6.07, 6.45) is -10.1. The molecular weight excluding hydrogens is 458 g/mol. The lowest BCUT2D eigenvalue weighted by Crippen LogP contribution is -2.21. The van der Waals surface area contributed by atoms with Crippen molar-refractivity contribution in [1.82, 2.24) is 15.2 Å². The molecule has 0 saturated heterocycles. The van der Waals surface area contributed by atoms with Crippen LogP contribution in [0.1, 0.15) is 5.56 Å². The summed E-state index contributed by atoms with van der Waals surface area (Å²) in [6, 6.07) is 5.63. The molecule has 15 heteroatoms. The standard InChI is InChI=1S/C16H10F6N4O4S/c17-15(18,19)9-5-8(13-23-14(27)25-24-13)6-10(7-9)26-31(28,29)12-4-2-1-3-11(12)30-16(20,21)22/h1-7,26H,(H2,23,24,25,27). The molecule has 0 unspecified atom stereocenters. The molecule has 2 aromatic carbocycles. The Morgan fingerprint density at radius 2 is 1.68 bits per heavy atom. The van der Waals surface area contributed by atoms with E-state index in [1.807, 2.05) is 5.10 Å². The van der Waals surface area contributed by atoms with Crippen molar-refractivity contribution in [2.24, 2.45) is 0 Å². The molecule has 0 amide bonds. The third kappa shape index (κ3) is 5.36. The molecule has 0 radical (unpaired) electrons. The molecule has 0 aliphatic carbocycles. The number of alkyl halides is 6. The maximum Gasteiger partial charge on any atom is 0.573 e. The van der Waals surface area contributed by atoms with Gasteiger partial charge in [0.2, 0.25) is 0 Å². The van der Waals surface area contributed by atoms with E-state index in [1.54, 1.807) is 4.72 Å². The fourth-order valence-corrected chi connectivity index (χ4v) is 3.66. The minimum atomic E-state index is -5.21. The Morgan fingerprint density at radius 3 is 2.26 bits per heavy atom. The quantitative estimate of drug-likeness (QED) is 0.496. The van der Waals surface area contributed by atoms with E-state index in [1.165, 1.54) is 0 Å². The number of para-hydroxylation sites is 1. The number of sulfonamides is 1. The number of nitrogens with one attached hydrogen (secondary N) is 3. The van der Waals surface area contributed by atoms with Gasteiger partial charge in [0.15, 0.2) is 5.82 Å². The van der Waals surface area contributed by atoms with Crippen LogP contribution in [0.25, 0.3) is 11.4 Å². The Kier molecular flexibility index (Phi) is 5.47. The first-order valence-corrected chi connectivity index (χ1v) is 9.48. The molecule has 0 saturated carbocycles. The van der Waals surface area contributed by atoms with Crippen LogP contribution in [-0.4, -0.2) is 30.0 Å². The van der Waals surface area contributed by atoms with Crippen molar-refractivity contribution in [1.29, 1.82) is 0 Å². The van der Waals surface area contributed by atoms with Gasteiger partial charge in [-0.05, 0) is 30.3 Å². The van der Waals surface area contributed by atoms with Crippen LogP contribution in [0.5, 0.6) is 5.75 Å². The lowest BCUT2D eigenvalue weighted by Gasteiger charge is -2.16. The second-order valence-corrected chi connectivity index (χ2v) is 7.57. The third-order valence-corrected chi connectivity index (χ3v) is 5.07. The van der Waals surface area contributed by atoms with Crippen molar-refractivity contribution >= 4 is 15.7 Å². The van der Waals surface area contributed by atoms with Crippen LogP contribution < -0.4 is 15.1 Å². The molecule has 166 valence electrons. The minimum Gasteiger partial charge on any atom is -0.404 e. The van der Waals surface area contributed by atoms with E-state index in [9.17, 15) is 39.6 Å². The molecule has 3 aromatic rings. The number of aromatic amines is 2. The van der Waals surface area contributed by atoms with Crippen molar-refractivity contribution in [3.8, 4) is 17.1 Å². The highest BCUT2D eigenvalue weighted by Gasteiger charge is 2.35. The van der Waals surface area contributed by atoms with E-state index in [4.69, 9.17) is 0 Å². The Morgan fingerprint density at radius 1 is 1.00 bits per heavy atom. The Labute approximate surface area is 168 Å². The van der Waals surface area contributed by atoms with Gasteiger partial charge in [-0.3, -0.25) is 9.71 Å². The van der Waals surface area contributed by atoms with E-state index < -0.39 is 50.1 Å². The zero-order chi connectivity index (χ0) is 23.0. The zero-order valence-corrected chi connectivity index (χ0v) is 15.6. The van der Waals surface area contributed by atoms with Crippen molar-refractivity contribution in [3.05, 3.63) is 58.5 Å². The summed E-state index contributed by atoms with van der Waals surface area (Å²) < 4.78 is 108. The monoisotopic (exact) mass is 468 g/mol. The van der Waals surface area contributed by atoms with Gasteiger partial charge in [-0.15, -0.1) is 13.2 Å². The summed E-state index contributed by atoms with van der Waals surface area (Å²) in [7, 11) is -4.81. The van der Waals surface area contributed by atoms with Crippen molar-refractivity contribution in [2.45, 2.75) is 17.4 Å². The number of ether oxygens (including phenoxy) is 1. The molecule has 0 spiro atoms. The highest BCUT2D eigenvalue weighted by molar-refractivity contribution is 7.92. The van der Waals surface area contributed by atoms with Crippen LogP contribution in [0.4, 0.5) is 32.0 Å². The molecule has 1 heterocycles. The van der Waals surface area contributed by atoms with Crippen LogP contribution in [0.2, 0.25) is 0 Å². The molecule has 0 aliphatic heterocycles. The SMILES string of the molecule is O=c1[nH]nc(-c2cc(NS(=O)(=O)c3ccccc3OC(F)(F)F)cc(C(F)(F)F)c2)[nH]1. The van der Waals surface area contributed by atoms with E-state index in [-0.39, 0.29) is 11.4 Å². The number of hydrogen-bond acceptors (Lipinski definition) is 5. The molecule has 31 heavy (non-hydrogen) atoms. The van der Waals surface area contributed by atoms with Crippen molar-refractivity contribution in [2.75, 3.05) is 4.72 Å². The number of hydrogen-bond donors (Lipinski definition) is 3. The highest BCUT2D eigenvalue weighted by atomic mass is 32.2. The first-order valence-electron chi connectivity index (χ1n) is 7.99. The molecule has 0 aliphatic rings. The van der Waals surface area contributed by atoms with Crippen LogP contribution in [0.15, 0.2) is 52.2 Å². The first kappa shape index (κ1) is 22.2. The summed E-state index contributed by atoms with van der Waals surface area (Å²) >= 11 is 0. The molecule has 3 rings (SSSR count). The average molecular weight is 468 g/mol. The second-order valence-electron chi connectivity index (χ2n) is 5.92. The smallest absolute Gasteiger partial charge is 0.404 e. The van der Waals surface area contributed by atoms with Crippen LogP contribution in [-0.2, 0) is 16.2 Å². The fourth-order valence-electron chi connectivity index (χ4n) is 2.49. The number of rotatable bonds is 5. The number of anilines is 1. The predicted molar refractivity (Wildman–Crippen MR) is 93.6 cm³/mol. The van der Waals surface area contributed by atoms with Gasteiger partial charge in [-0.25, -0.2) is 18.3 Å². The predicted octanol–water partition coefficient (Wildman–Crippen LogP) is 3.48. The first-order chi connectivity index (χ1) is 14.2. The van der Waals surface area contributed by atoms with E-state index in [0.29, 0.717) is 12.1 Å². The van der Waals surface area contributed by atoms with Crippen LogP contribution in [0.3, 0.4) is 0 Å². The maximum absolute atomic E-state index is 13.3. The van der Waals surface area contributed by atoms with Gasteiger partial charge in [-0.1, -0.05) is 12.1 Å². The Bertz CT molecular complexity index is 1260. The number of H-pyrrole nitrogens is 2. The normalized spacial score (nSPS) is 12.6. The second kappa shape index (κ2) is 7.64. The summed E-state index contributed by atoms with van der Waals surface area (Å²) in [6.45, 7) is 0. The molecule has 8 nitrogen and oxygen atoms in total. The molecule has 0 fully saturated rings. The zero-order valence-electron chi connectivity index (χ0n) is 14.8. The van der Waals surface area contributed by atoms with E-state index in [2.05, 4.69) is 14.8 Å². The lowest BCUT2D eigenvalue weighted by molar-refractivity contribution is -0.275. The average Bonchev–Trinajstić information content (AvgIpc) is 3.06. The highest BCUT2D eigenvalue weighted by Crippen LogP contribution is 2.35. The number of benzene rings is 2. The fraction of sp³-hybridized carbons (Fsp3) is 0.125. The molecule has 0 bridgehead atoms. The van der Waals surface area contributed by atoms with Gasteiger partial charge in [0.05, 0.1) is 11.3 Å². The largest absolute Gasteiger partial charge is 0.573 e. The van der Waals surface area contributed by atoms with Gasteiger partial charge < -0.3 is 4.74 Å². The summed E-state index contributed by atoms with van der Waals surface area (Å²) in [4.78, 5) is 12.3. The number of halogens is 6. The maximum atomic E-state index is 13.3.